The van der Waals surface area contributed by atoms with Crippen molar-refractivity contribution in [2.75, 3.05) is 0 Å². The summed E-state index contributed by atoms with van der Waals surface area (Å²) in [5, 5.41) is 21.6. The lowest BCUT2D eigenvalue weighted by atomic mass is 9.84. The van der Waals surface area contributed by atoms with Crippen molar-refractivity contribution in [1.29, 1.82) is 0 Å². The molecular formula is C23H17FN2O6. The second-order valence-electron chi connectivity index (χ2n) is 8.42. The van der Waals surface area contributed by atoms with Crippen LogP contribution >= 0.6 is 0 Å². The van der Waals surface area contributed by atoms with Crippen LogP contribution in [0.3, 0.4) is 0 Å². The molecule has 0 spiro atoms. The van der Waals surface area contributed by atoms with Crippen LogP contribution in [0.15, 0.2) is 16.9 Å². The number of nitrogens with zero attached hydrogens (tertiary/aromatic N) is 2. The van der Waals surface area contributed by atoms with Gasteiger partial charge in [0.05, 0.1) is 29.0 Å². The first-order valence-corrected chi connectivity index (χ1v) is 10.3. The molecule has 2 aromatic heterocycles. The van der Waals surface area contributed by atoms with Gasteiger partial charge in [0.2, 0.25) is 0 Å². The van der Waals surface area contributed by atoms with Crippen LogP contribution in [0.1, 0.15) is 52.4 Å². The highest BCUT2D eigenvalue weighted by molar-refractivity contribution is 6.13. The van der Waals surface area contributed by atoms with Crippen LogP contribution in [0.4, 0.5) is 4.39 Å². The third kappa shape index (κ3) is 2.13. The van der Waals surface area contributed by atoms with Gasteiger partial charge >= 0.3 is 5.97 Å². The Morgan fingerprint density at radius 3 is 2.72 bits per heavy atom. The zero-order valence-corrected chi connectivity index (χ0v) is 17.0. The highest BCUT2D eigenvalue weighted by Crippen LogP contribution is 2.44. The maximum absolute atomic E-state index is 14.4. The summed E-state index contributed by atoms with van der Waals surface area (Å²) in [6, 6.07) is 2.62. The van der Waals surface area contributed by atoms with Crippen molar-refractivity contribution in [2.45, 2.75) is 44.9 Å². The molecule has 1 atom stereocenters. The van der Waals surface area contributed by atoms with E-state index in [1.165, 1.54) is 4.57 Å². The zero-order chi connectivity index (χ0) is 22.5. The van der Waals surface area contributed by atoms with Crippen LogP contribution in [-0.4, -0.2) is 31.5 Å². The molecule has 0 radical (unpaired) electrons. The van der Waals surface area contributed by atoms with Gasteiger partial charge in [0.25, 0.3) is 5.56 Å². The summed E-state index contributed by atoms with van der Waals surface area (Å²) < 4.78 is 20.9. The molecule has 9 heteroatoms. The largest absolute Gasteiger partial charge is 0.505 e. The lowest BCUT2D eigenvalue weighted by molar-refractivity contribution is -0.172. The van der Waals surface area contributed by atoms with Crippen molar-refractivity contribution in [3.8, 4) is 17.1 Å². The average molecular weight is 436 g/mol. The number of aliphatic hydroxyl groups is 1. The SMILES string of the molecule is CC[C@@]1(O)C(=O)OCc2c1cc1n(c2=O)Cc2c-1nc1cc(F)c(O)c3c1c2C(=O)CC3. The number of halogens is 1. The summed E-state index contributed by atoms with van der Waals surface area (Å²) in [7, 11) is 0. The Kier molecular flexibility index (Phi) is 3.59. The Morgan fingerprint density at radius 2 is 1.97 bits per heavy atom. The number of esters is 1. The van der Waals surface area contributed by atoms with Crippen LogP contribution in [-0.2, 0) is 34.7 Å². The minimum atomic E-state index is -1.96. The molecule has 0 fully saturated rings. The lowest BCUT2D eigenvalue weighted by Gasteiger charge is -2.31. The minimum Gasteiger partial charge on any atom is -0.505 e. The van der Waals surface area contributed by atoms with Crippen molar-refractivity contribution >= 4 is 22.7 Å². The number of hydrogen-bond acceptors (Lipinski definition) is 7. The fourth-order valence-electron chi connectivity index (χ4n) is 5.19. The quantitative estimate of drug-likeness (QED) is 0.439. The first-order chi connectivity index (χ1) is 15.3. The molecule has 3 aliphatic rings. The molecular weight excluding hydrogens is 419 g/mol. The molecule has 0 unspecified atom stereocenters. The molecule has 1 aliphatic carbocycles. The van der Waals surface area contributed by atoms with Gasteiger partial charge < -0.3 is 19.5 Å². The first kappa shape index (κ1) is 19.1. The average Bonchev–Trinajstić information content (AvgIpc) is 3.14. The van der Waals surface area contributed by atoms with E-state index < -0.39 is 28.7 Å². The number of pyridine rings is 2. The number of aryl methyl sites for hydroxylation is 1. The Labute approximate surface area is 179 Å². The molecule has 32 heavy (non-hydrogen) atoms. The third-order valence-electron chi connectivity index (χ3n) is 6.89. The molecule has 6 rings (SSSR count). The predicted molar refractivity (Wildman–Crippen MR) is 109 cm³/mol. The minimum absolute atomic E-state index is 0.0112. The number of aromatic nitrogens is 2. The molecule has 0 amide bonds. The summed E-state index contributed by atoms with van der Waals surface area (Å²) in [6.07, 6.45) is 0.323. The number of phenolic OH excluding ortho intramolecular Hbond substituents is 1. The highest BCUT2D eigenvalue weighted by Gasteiger charge is 2.45. The van der Waals surface area contributed by atoms with Gasteiger partial charge in [0.15, 0.2) is 23.0 Å². The van der Waals surface area contributed by atoms with Crippen LogP contribution < -0.4 is 5.56 Å². The number of hydrogen-bond donors (Lipinski definition) is 2. The number of aromatic hydroxyl groups is 1. The van der Waals surface area contributed by atoms with E-state index >= 15 is 0 Å². The fraction of sp³-hybridized carbons (Fsp3) is 0.304. The monoisotopic (exact) mass is 436 g/mol. The maximum atomic E-state index is 14.4. The van der Waals surface area contributed by atoms with Crippen molar-refractivity contribution in [1.82, 2.24) is 9.55 Å². The number of phenols is 1. The van der Waals surface area contributed by atoms with Crippen LogP contribution in [0, 0.1) is 5.82 Å². The molecule has 1 aromatic carbocycles. The van der Waals surface area contributed by atoms with E-state index in [-0.39, 0.29) is 54.8 Å². The van der Waals surface area contributed by atoms with Gasteiger partial charge in [0.1, 0.15) is 6.61 Å². The molecule has 162 valence electrons. The van der Waals surface area contributed by atoms with E-state index in [4.69, 9.17) is 4.74 Å². The van der Waals surface area contributed by atoms with Crippen LogP contribution in [0.25, 0.3) is 22.3 Å². The molecule has 0 saturated heterocycles. The molecule has 0 saturated carbocycles. The standard InChI is InChI=1S/C23H17FN2O6/c1-2-23(31)12-5-15-19-10(7-26(15)21(29)11(12)8-32-22(23)30)18-16(27)4-3-9-17(18)14(25-19)6-13(24)20(9)28/h5-6,28,31H,2-4,7-8H2,1H3/t23-/m0/s1. The number of fused-ring (bicyclic) bond motifs is 5. The lowest BCUT2D eigenvalue weighted by Crippen LogP contribution is -2.44. The van der Waals surface area contributed by atoms with E-state index in [0.29, 0.717) is 33.5 Å². The summed E-state index contributed by atoms with van der Waals surface area (Å²) in [5.74, 6) is -2.31. The first-order valence-electron chi connectivity index (χ1n) is 10.3. The molecule has 8 nitrogen and oxygen atoms in total. The summed E-state index contributed by atoms with van der Waals surface area (Å²) in [4.78, 5) is 43.1. The summed E-state index contributed by atoms with van der Waals surface area (Å²) in [6.45, 7) is 1.42. The molecule has 4 heterocycles. The topological polar surface area (TPSA) is 119 Å². The summed E-state index contributed by atoms with van der Waals surface area (Å²) in [5.41, 5.74) is 0.0160. The summed E-state index contributed by atoms with van der Waals surface area (Å²) >= 11 is 0. The third-order valence-corrected chi connectivity index (χ3v) is 6.89. The van der Waals surface area contributed by atoms with E-state index in [1.54, 1.807) is 13.0 Å². The smallest absolute Gasteiger partial charge is 0.343 e. The van der Waals surface area contributed by atoms with Crippen molar-refractivity contribution in [3.05, 3.63) is 56.1 Å². The van der Waals surface area contributed by atoms with Crippen molar-refractivity contribution < 1.29 is 28.9 Å². The Hall–Kier alpha value is -3.59. The Bertz CT molecular complexity index is 1490. The number of carbonyl (C=O) groups excluding carboxylic acids is 2. The number of carbonyl (C=O) groups is 2. The maximum Gasteiger partial charge on any atom is 0.343 e. The molecule has 3 aromatic rings. The van der Waals surface area contributed by atoms with E-state index in [0.717, 1.165) is 6.07 Å². The van der Waals surface area contributed by atoms with Crippen molar-refractivity contribution in [3.63, 3.8) is 0 Å². The van der Waals surface area contributed by atoms with Crippen molar-refractivity contribution in [2.24, 2.45) is 0 Å². The number of ketones is 1. The second kappa shape index (κ2) is 6.01. The fourth-order valence-corrected chi connectivity index (χ4v) is 5.19. The van der Waals surface area contributed by atoms with Gasteiger partial charge in [0, 0.05) is 40.1 Å². The second-order valence-corrected chi connectivity index (χ2v) is 8.42. The highest BCUT2D eigenvalue weighted by atomic mass is 19.1. The number of ether oxygens (including phenoxy) is 1. The van der Waals surface area contributed by atoms with Gasteiger partial charge in [-0.05, 0) is 18.9 Å². The molecule has 2 aliphatic heterocycles. The van der Waals surface area contributed by atoms with Crippen LogP contribution in [0.5, 0.6) is 5.75 Å². The number of benzene rings is 1. The van der Waals surface area contributed by atoms with E-state index in [1.807, 2.05) is 0 Å². The predicted octanol–water partition coefficient (Wildman–Crippen LogP) is 2.05. The molecule has 0 bridgehead atoms. The van der Waals surface area contributed by atoms with E-state index in [9.17, 15) is 29.0 Å². The Balaban J connectivity index is 1.71. The van der Waals surface area contributed by atoms with Gasteiger partial charge in [-0.1, -0.05) is 6.92 Å². The Morgan fingerprint density at radius 1 is 1.19 bits per heavy atom. The van der Waals surface area contributed by atoms with Gasteiger partial charge in [-0.2, -0.15) is 0 Å². The number of rotatable bonds is 1. The zero-order valence-electron chi connectivity index (χ0n) is 17.0. The van der Waals surface area contributed by atoms with Gasteiger partial charge in [-0.15, -0.1) is 0 Å². The van der Waals surface area contributed by atoms with Gasteiger partial charge in [-0.3, -0.25) is 9.59 Å². The number of Topliss-reactive ketones (excluding diaryl/α,β-unsaturated/α-hetero) is 1. The van der Waals surface area contributed by atoms with E-state index in [2.05, 4.69) is 4.98 Å². The van der Waals surface area contributed by atoms with Crippen LogP contribution in [0.2, 0.25) is 0 Å². The normalized spacial score (nSPS) is 20.7. The molecule has 2 N–H and O–H groups in total. The number of cyclic esters (lactones) is 1. The van der Waals surface area contributed by atoms with Gasteiger partial charge in [-0.25, -0.2) is 14.2 Å².